The number of hydrogen-bond donors (Lipinski definition) is 1. The van der Waals surface area contributed by atoms with Crippen LogP contribution in [-0.4, -0.2) is 29.0 Å². The number of rotatable bonds is 4. The lowest BCUT2D eigenvalue weighted by Gasteiger charge is -2.41. The molecule has 1 aromatic heterocycles. The second-order valence-corrected chi connectivity index (χ2v) is 7.12. The second-order valence-electron chi connectivity index (χ2n) is 6.18. The van der Waals surface area contributed by atoms with Crippen molar-refractivity contribution >= 4 is 11.3 Å². The van der Waals surface area contributed by atoms with Crippen LogP contribution in [0.1, 0.15) is 49.6 Å². The van der Waals surface area contributed by atoms with Crippen LogP contribution in [0, 0.1) is 12.8 Å². The van der Waals surface area contributed by atoms with E-state index >= 15 is 0 Å². The zero-order valence-corrected chi connectivity index (χ0v) is 13.3. The second kappa shape index (κ2) is 6.33. The van der Waals surface area contributed by atoms with Crippen LogP contribution in [0.3, 0.4) is 0 Å². The fourth-order valence-corrected chi connectivity index (χ4v) is 4.00. The van der Waals surface area contributed by atoms with E-state index in [0.29, 0.717) is 0 Å². The van der Waals surface area contributed by atoms with E-state index in [1.807, 2.05) is 5.51 Å². The summed E-state index contributed by atoms with van der Waals surface area (Å²) >= 11 is 1.76. The van der Waals surface area contributed by atoms with E-state index < -0.39 is 0 Å². The number of nitrogens with zero attached hydrogens (tertiary/aromatic N) is 2. The fourth-order valence-electron chi connectivity index (χ4n) is 3.17. The molecule has 2 rings (SSSR count). The molecule has 1 fully saturated rings. The fraction of sp³-hybridized carbons (Fsp3) is 0.800. The van der Waals surface area contributed by atoms with Gasteiger partial charge in [0, 0.05) is 23.5 Å². The summed E-state index contributed by atoms with van der Waals surface area (Å²) in [7, 11) is 2.24. The highest BCUT2D eigenvalue weighted by Gasteiger charge is 2.35. The van der Waals surface area contributed by atoms with Crippen LogP contribution >= 0.6 is 11.3 Å². The maximum atomic E-state index is 6.17. The highest BCUT2D eigenvalue weighted by molar-refractivity contribution is 7.09. The normalized spacial score (nSPS) is 28.6. The number of thiazole rings is 1. The van der Waals surface area contributed by atoms with E-state index in [1.165, 1.54) is 42.7 Å². The molecular formula is C15H27N3S. The van der Waals surface area contributed by atoms with Gasteiger partial charge in [-0.15, -0.1) is 11.3 Å². The maximum Gasteiger partial charge on any atom is 0.0798 e. The minimum atomic E-state index is 0.196. The summed E-state index contributed by atoms with van der Waals surface area (Å²) in [6.07, 6.45) is 6.45. The Morgan fingerprint density at radius 3 is 2.89 bits per heavy atom. The zero-order chi connectivity index (χ0) is 13.9. The smallest absolute Gasteiger partial charge is 0.0798 e. The summed E-state index contributed by atoms with van der Waals surface area (Å²) in [6, 6.07) is 0. The molecule has 2 N–H and O–H groups in total. The van der Waals surface area contributed by atoms with Gasteiger partial charge in [-0.25, -0.2) is 4.98 Å². The summed E-state index contributed by atoms with van der Waals surface area (Å²) < 4.78 is 0. The van der Waals surface area contributed by atoms with Gasteiger partial charge in [-0.3, -0.25) is 4.90 Å². The van der Waals surface area contributed by atoms with E-state index in [9.17, 15) is 0 Å². The van der Waals surface area contributed by atoms with E-state index in [0.717, 1.165) is 19.0 Å². The lowest BCUT2D eigenvalue weighted by molar-refractivity contribution is 0.0995. The minimum Gasteiger partial charge on any atom is -0.329 e. The Morgan fingerprint density at radius 1 is 1.47 bits per heavy atom. The molecule has 0 aromatic carbocycles. The van der Waals surface area contributed by atoms with E-state index in [-0.39, 0.29) is 5.54 Å². The van der Waals surface area contributed by atoms with Crippen molar-refractivity contribution in [2.75, 3.05) is 13.6 Å². The van der Waals surface area contributed by atoms with Crippen molar-refractivity contribution in [2.24, 2.45) is 11.7 Å². The predicted octanol–water partition coefficient (Wildman–Crippen LogP) is 3.18. The van der Waals surface area contributed by atoms with Crippen LogP contribution in [0.2, 0.25) is 0 Å². The lowest BCUT2D eigenvalue weighted by Crippen LogP contribution is -2.51. The number of nitrogens with two attached hydrogens (primary N) is 1. The minimum absolute atomic E-state index is 0.196. The van der Waals surface area contributed by atoms with Gasteiger partial charge in [0.15, 0.2) is 0 Å². The van der Waals surface area contributed by atoms with Gasteiger partial charge in [-0.05, 0) is 39.2 Å². The third-order valence-corrected chi connectivity index (χ3v) is 5.78. The highest BCUT2D eigenvalue weighted by atomic mass is 32.1. The molecule has 0 spiro atoms. The molecule has 0 aliphatic heterocycles. The molecule has 0 bridgehead atoms. The molecule has 1 aliphatic carbocycles. The zero-order valence-electron chi connectivity index (χ0n) is 12.5. The molecule has 1 aromatic rings. The summed E-state index contributed by atoms with van der Waals surface area (Å²) in [4.78, 5) is 8.23. The number of aryl methyl sites for hydroxylation is 1. The first-order chi connectivity index (χ1) is 9.07. The topological polar surface area (TPSA) is 42.2 Å². The van der Waals surface area contributed by atoms with Crippen molar-refractivity contribution in [3.8, 4) is 0 Å². The molecule has 1 saturated carbocycles. The largest absolute Gasteiger partial charge is 0.329 e. The third kappa shape index (κ3) is 3.36. The Morgan fingerprint density at radius 2 is 2.26 bits per heavy atom. The molecule has 2 atom stereocenters. The molecule has 0 amide bonds. The Hall–Kier alpha value is -0.450. The summed E-state index contributed by atoms with van der Waals surface area (Å²) in [5.41, 5.74) is 9.48. The SMILES string of the molecule is Cc1ncsc1CN(C)C1(CN)CCCC(C)CC1. The van der Waals surface area contributed by atoms with Crippen molar-refractivity contribution in [1.82, 2.24) is 9.88 Å². The van der Waals surface area contributed by atoms with Gasteiger partial charge in [0.25, 0.3) is 0 Å². The molecule has 19 heavy (non-hydrogen) atoms. The van der Waals surface area contributed by atoms with Crippen LogP contribution in [0.5, 0.6) is 0 Å². The number of aromatic nitrogens is 1. The first-order valence-corrected chi connectivity index (χ1v) is 8.25. The maximum absolute atomic E-state index is 6.17. The Bertz CT molecular complexity index is 404. The molecule has 0 saturated heterocycles. The first kappa shape index (κ1) is 14.9. The molecule has 1 aliphatic rings. The van der Waals surface area contributed by atoms with Crippen LogP contribution < -0.4 is 5.73 Å². The summed E-state index contributed by atoms with van der Waals surface area (Å²) in [5, 5.41) is 0. The molecule has 0 radical (unpaired) electrons. The standard InChI is InChI=1S/C15H27N3S/c1-12-5-4-7-15(10-16,8-6-12)18(3)9-14-13(2)17-11-19-14/h11-12H,4-10,16H2,1-3H3. The van der Waals surface area contributed by atoms with Crippen molar-refractivity contribution in [1.29, 1.82) is 0 Å². The molecular weight excluding hydrogens is 254 g/mol. The van der Waals surface area contributed by atoms with Gasteiger partial charge >= 0.3 is 0 Å². The molecule has 1 heterocycles. The van der Waals surface area contributed by atoms with Gasteiger partial charge in [-0.1, -0.05) is 19.8 Å². The van der Waals surface area contributed by atoms with Gasteiger partial charge in [0.2, 0.25) is 0 Å². The van der Waals surface area contributed by atoms with Crippen LogP contribution in [-0.2, 0) is 6.54 Å². The molecule has 2 unspecified atom stereocenters. The van der Waals surface area contributed by atoms with Gasteiger partial charge in [-0.2, -0.15) is 0 Å². The Kier molecular flexibility index (Phi) is 4.98. The van der Waals surface area contributed by atoms with Crippen molar-refractivity contribution in [2.45, 2.75) is 58.0 Å². The number of hydrogen-bond acceptors (Lipinski definition) is 4. The van der Waals surface area contributed by atoms with Crippen LogP contribution in [0.25, 0.3) is 0 Å². The monoisotopic (exact) mass is 281 g/mol. The van der Waals surface area contributed by atoms with Crippen molar-refractivity contribution < 1.29 is 0 Å². The quantitative estimate of drug-likeness (QED) is 0.862. The summed E-state index contributed by atoms with van der Waals surface area (Å²) in [5.74, 6) is 0.854. The summed E-state index contributed by atoms with van der Waals surface area (Å²) in [6.45, 7) is 6.24. The van der Waals surface area contributed by atoms with Gasteiger partial charge in [0.05, 0.1) is 11.2 Å². The van der Waals surface area contributed by atoms with Gasteiger partial charge in [0.1, 0.15) is 0 Å². The predicted molar refractivity (Wildman–Crippen MR) is 82.4 cm³/mol. The Labute approximate surface area is 121 Å². The number of likely N-dealkylation sites (N-methyl/N-ethyl adjacent to an activating group) is 1. The Balaban J connectivity index is 2.09. The van der Waals surface area contributed by atoms with Crippen molar-refractivity contribution in [3.05, 3.63) is 16.1 Å². The van der Waals surface area contributed by atoms with E-state index in [2.05, 4.69) is 30.8 Å². The highest BCUT2D eigenvalue weighted by Crippen LogP contribution is 2.34. The van der Waals surface area contributed by atoms with Crippen LogP contribution in [0.4, 0.5) is 0 Å². The van der Waals surface area contributed by atoms with Crippen LogP contribution in [0.15, 0.2) is 5.51 Å². The van der Waals surface area contributed by atoms with E-state index in [1.54, 1.807) is 11.3 Å². The average molecular weight is 281 g/mol. The van der Waals surface area contributed by atoms with Crippen molar-refractivity contribution in [3.63, 3.8) is 0 Å². The first-order valence-electron chi connectivity index (χ1n) is 7.37. The molecule has 108 valence electrons. The third-order valence-electron chi connectivity index (χ3n) is 4.86. The molecule has 3 nitrogen and oxygen atoms in total. The van der Waals surface area contributed by atoms with Gasteiger partial charge < -0.3 is 5.73 Å². The van der Waals surface area contributed by atoms with E-state index in [4.69, 9.17) is 5.73 Å². The molecule has 4 heteroatoms. The lowest BCUT2D eigenvalue weighted by atomic mass is 9.88. The average Bonchev–Trinajstić information content (AvgIpc) is 2.69.